The Balaban J connectivity index is 2.07. The minimum atomic E-state index is -1.00. The van der Waals surface area contributed by atoms with Crippen LogP contribution in [0.4, 0.5) is 16.2 Å². The van der Waals surface area contributed by atoms with Crippen LogP contribution < -0.4 is 16.4 Å². The molecule has 0 heterocycles. The van der Waals surface area contributed by atoms with Crippen LogP contribution in [0, 0.1) is 6.92 Å². The van der Waals surface area contributed by atoms with Gasteiger partial charge in [-0.15, -0.1) is 0 Å². The van der Waals surface area contributed by atoms with Crippen LogP contribution in [0.25, 0.3) is 0 Å². The number of hydrogen-bond acceptors (Lipinski definition) is 5. The van der Waals surface area contributed by atoms with Crippen molar-refractivity contribution in [1.82, 2.24) is 5.32 Å². The van der Waals surface area contributed by atoms with Crippen molar-refractivity contribution >= 4 is 29.3 Å². The Morgan fingerprint density at radius 1 is 1.04 bits per heavy atom. The molecule has 0 unspecified atom stereocenters. The molecule has 0 saturated heterocycles. The van der Waals surface area contributed by atoms with Crippen molar-refractivity contribution in [2.24, 2.45) is 5.73 Å². The Morgan fingerprint density at radius 2 is 1.71 bits per heavy atom. The number of nitrogens with one attached hydrogen (secondary N) is 2. The number of esters is 1. The molecule has 0 radical (unpaired) electrons. The van der Waals surface area contributed by atoms with E-state index in [9.17, 15) is 14.4 Å². The second-order valence-corrected chi connectivity index (χ2v) is 5.03. The fourth-order valence-corrected chi connectivity index (χ4v) is 1.94. The zero-order valence-electron chi connectivity index (χ0n) is 13.0. The third kappa shape index (κ3) is 4.84. The van der Waals surface area contributed by atoms with Crippen molar-refractivity contribution in [3.8, 4) is 0 Å². The molecule has 0 bridgehead atoms. The highest BCUT2D eigenvalue weighted by atomic mass is 16.5. The number of aryl methyl sites for hydroxylation is 1. The predicted molar refractivity (Wildman–Crippen MR) is 88.9 cm³/mol. The van der Waals surface area contributed by atoms with Crippen LogP contribution in [0.5, 0.6) is 0 Å². The first-order valence-corrected chi connectivity index (χ1v) is 7.15. The predicted octanol–water partition coefficient (Wildman–Crippen LogP) is 2.09. The van der Waals surface area contributed by atoms with Crippen LogP contribution in [-0.2, 0) is 9.53 Å². The summed E-state index contributed by atoms with van der Waals surface area (Å²) in [5, 5.41) is 4.94. The number of nitrogens with two attached hydrogens (primary N) is 1. The Kier molecular flexibility index (Phi) is 5.51. The highest BCUT2D eigenvalue weighted by molar-refractivity contribution is 5.99. The number of ether oxygens (including phenoxy) is 1. The SMILES string of the molecule is Cc1ccc(Nc2ccccc2C(=O)OCC(=O)NC(N)=O)cc1. The quantitative estimate of drug-likeness (QED) is 0.728. The summed E-state index contributed by atoms with van der Waals surface area (Å²) >= 11 is 0. The maximum Gasteiger partial charge on any atom is 0.340 e. The molecule has 2 rings (SSSR count). The highest BCUT2D eigenvalue weighted by Crippen LogP contribution is 2.21. The lowest BCUT2D eigenvalue weighted by molar-refractivity contribution is -0.123. The first-order valence-electron chi connectivity index (χ1n) is 7.15. The summed E-state index contributed by atoms with van der Waals surface area (Å²) in [5.74, 6) is -1.48. The smallest absolute Gasteiger partial charge is 0.340 e. The van der Waals surface area contributed by atoms with Crippen molar-refractivity contribution in [3.05, 3.63) is 59.7 Å². The summed E-state index contributed by atoms with van der Waals surface area (Å²) < 4.78 is 4.89. The number of imide groups is 1. The molecule has 0 aliphatic carbocycles. The minimum absolute atomic E-state index is 0.268. The van der Waals surface area contributed by atoms with Gasteiger partial charge in [-0.3, -0.25) is 10.1 Å². The molecule has 4 N–H and O–H groups in total. The summed E-state index contributed by atoms with van der Waals surface area (Å²) in [6.45, 7) is 1.38. The number of anilines is 2. The van der Waals surface area contributed by atoms with Gasteiger partial charge in [-0.25, -0.2) is 9.59 Å². The molecular weight excluding hydrogens is 310 g/mol. The van der Waals surface area contributed by atoms with Gasteiger partial charge in [0, 0.05) is 5.69 Å². The van der Waals surface area contributed by atoms with Crippen molar-refractivity contribution in [1.29, 1.82) is 0 Å². The zero-order chi connectivity index (χ0) is 17.5. The standard InChI is InChI=1S/C17H17N3O4/c1-11-6-8-12(9-7-11)19-14-5-3-2-4-13(14)16(22)24-10-15(21)20-17(18)23/h2-9,19H,10H2,1H3,(H3,18,20,21,23). The first kappa shape index (κ1) is 17.0. The van der Waals surface area contributed by atoms with Crippen molar-refractivity contribution in [3.63, 3.8) is 0 Å². The third-order valence-corrected chi connectivity index (χ3v) is 3.07. The lowest BCUT2D eigenvalue weighted by Crippen LogP contribution is -2.37. The minimum Gasteiger partial charge on any atom is -0.452 e. The molecule has 124 valence electrons. The van der Waals surface area contributed by atoms with Crippen LogP contribution in [0.2, 0.25) is 0 Å². The summed E-state index contributed by atoms with van der Waals surface area (Å²) in [6, 6.07) is 13.4. The fourth-order valence-electron chi connectivity index (χ4n) is 1.94. The van der Waals surface area contributed by atoms with Crippen molar-refractivity contribution in [2.75, 3.05) is 11.9 Å². The van der Waals surface area contributed by atoms with Gasteiger partial charge in [0.05, 0.1) is 11.3 Å². The molecule has 2 aromatic rings. The Labute approximate surface area is 138 Å². The monoisotopic (exact) mass is 327 g/mol. The summed E-state index contributed by atoms with van der Waals surface area (Å²) in [5.41, 5.74) is 7.55. The zero-order valence-corrected chi connectivity index (χ0v) is 13.0. The number of carbonyl (C=O) groups excluding carboxylic acids is 3. The molecule has 0 saturated carbocycles. The molecule has 2 aromatic carbocycles. The topological polar surface area (TPSA) is 111 Å². The number of hydrogen-bond donors (Lipinski definition) is 3. The van der Waals surface area contributed by atoms with Crippen LogP contribution in [-0.4, -0.2) is 24.5 Å². The number of primary amides is 1. The van der Waals surface area contributed by atoms with Crippen LogP contribution in [0.1, 0.15) is 15.9 Å². The molecule has 0 fully saturated rings. The van der Waals surface area contributed by atoms with Gasteiger partial charge >= 0.3 is 12.0 Å². The van der Waals surface area contributed by atoms with Gasteiger partial charge in [-0.2, -0.15) is 0 Å². The Morgan fingerprint density at radius 3 is 2.38 bits per heavy atom. The fraction of sp³-hybridized carbons (Fsp3) is 0.118. The number of amides is 3. The van der Waals surface area contributed by atoms with E-state index in [1.54, 1.807) is 24.3 Å². The van der Waals surface area contributed by atoms with E-state index in [2.05, 4.69) is 5.32 Å². The number of urea groups is 1. The van der Waals surface area contributed by atoms with E-state index in [-0.39, 0.29) is 5.56 Å². The highest BCUT2D eigenvalue weighted by Gasteiger charge is 2.15. The average molecular weight is 327 g/mol. The van der Waals surface area contributed by atoms with E-state index < -0.39 is 24.5 Å². The molecule has 3 amide bonds. The van der Waals surface area contributed by atoms with Gasteiger partial charge in [-0.1, -0.05) is 29.8 Å². The van der Waals surface area contributed by atoms with E-state index >= 15 is 0 Å². The Hall–Kier alpha value is -3.35. The largest absolute Gasteiger partial charge is 0.452 e. The van der Waals surface area contributed by atoms with Gasteiger partial charge in [-0.05, 0) is 31.2 Å². The molecule has 0 aliphatic heterocycles. The molecule has 0 spiro atoms. The normalized spacial score (nSPS) is 9.88. The lowest BCUT2D eigenvalue weighted by atomic mass is 10.1. The van der Waals surface area contributed by atoms with Crippen molar-refractivity contribution < 1.29 is 19.1 Å². The second kappa shape index (κ2) is 7.77. The lowest BCUT2D eigenvalue weighted by Gasteiger charge is -2.12. The third-order valence-electron chi connectivity index (χ3n) is 3.07. The van der Waals surface area contributed by atoms with Gasteiger partial charge in [0.2, 0.25) is 0 Å². The maximum atomic E-state index is 12.1. The molecule has 7 nitrogen and oxygen atoms in total. The summed E-state index contributed by atoms with van der Waals surface area (Å²) in [6.07, 6.45) is 0. The molecular formula is C17H17N3O4. The van der Waals surface area contributed by atoms with Gasteiger partial charge < -0.3 is 15.8 Å². The molecule has 0 atom stereocenters. The van der Waals surface area contributed by atoms with Crippen LogP contribution in [0.15, 0.2) is 48.5 Å². The number of rotatable bonds is 5. The van der Waals surface area contributed by atoms with Gasteiger partial charge in [0.15, 0.2) is 6.61 Å². The second-order valence-electron chi connectivity index (χ2n) is 5.03. The summed E-state index contributed by atoms with van der Waals surface area (Å²) in [4.78, 5) is 34.0. The molecule has 0 aliphatic rings. The van der Waals surface area contributed by atoms with Crippen LogP contribution >= 0.6 is 0 Å². The molecule has 7 heteroatoms. The van der Waals surface area contributed by atoms with E-state index in [0.717, 1.165) is 11.3 Å². The number of carbonyl (C=O) groups is 3. The molecule has 0 aromatic heterocycles. The average Bonchev–Trinajstić information content (AvgIpc) is 2.54. The molecule has 24 heavy (non-hydrogen) atoms. The van der Waals surface area contributed by atoms with Crippen molar-refractivity contribution in [2.45, 2.75) is 6.92 Å². The number of benzene rings is 2. The van der Waals surface area contributed by atoms with Gasteiger partial charge in [0.25, 0.3) is 5.91 Å². The summed E-state index contributed by atoms with van der Waals surface area (Å²) in [7, 11) is 0. The van der Waals surface area contributed by atoms with E-state index in [0.29, 0.717) is 5.69 Å². The maximum absolute atomic E-state index is 12.1. The Bertz CT molecular complexity index is 757. The number of para-hydroxylation sites is 1. The van der Waals surface area contributed by atoms with E-state index in [1.807, 2.05) is 36.5 Å². The first-order chi connectivity index (χ1) is 11.5. The van der Waals surface area contributed by atoms with E-state index in [4.69, 9.17) is 10.5 Å². The van der Waals surface area contributed by atoms with Crippen LogP contribution in [0.3, 0.4) is 0 Å². The van der Waals surface area contributed by atoms with Gasteiger partial charge in [0.1, 0.15) is 0 Å². The van der Waals surface area contributed by atoms with E-state index in [1.165, 1.54) is 0 Å².